The number of nitrogens with one attached hydrogen (secondary N) is 1. The number of ether oxygens (including phenoxy) is 2. The number of aliphatic hydroxyl groups excluding tert-OH is 1. The van der Waals surface area contributed by atoms with E-state index in [0.29, 0.717) is 11.1 Å². The normalized spacial score (nSPS) is 18.7. The van der Waals surface area contributed by atoms with Gasteiger partial charge in [-0.25, -0.2) is 9.59 Å². The molecule has 6 nitrogen and oxygen atoms in total. The van der Waals surface area contributed by atoms with Crippen LogP contribution in [0.1, 0.15) is 42.8 Å². The average molecular weight is 293 g/mol. The molecule has 1 aromatic carbocycles. The maximum atomic E-state index is 11.8. The van der Waals surface area contributed by atoms with Gasteiger partial charge in [-0.1, -0.05) is 18.2 Å². The number of aliphatic hydroxyl groups is 1. The first-order valence-corrected chi connectivity index (χ1v) is 6.72. The fraction of sp³-hybridized carbons (Fsp3) is 0.467. The smallest absolute Gasteiger partial charge is 0.408 e. The molecule has 21 heavy (non-hydrogen) atoms. The molecular formula is C15H19NO5. The van der Waals surface area contributed by atoms with Crippen molar-refractivity contribution in [1.29, 1.82) is 0 Å². The van der Waals surface area contributed by atoms with Crippen LogP contribution in [-0.4, -0.2) is 35.4 Å². The summed E-state index contributed by atoms with van der Waals surface area (Å²) in [5.41, 5.74) is 0.457. The summed E-state index contributed by atoms with van der Waals surface area (Å²) in [6.07, 6.45) is -1.38. The number of hydrogen-bond donors (Lipinski definition) is 2. The van der Waals surface area contributed by atoms with Crippen LogP contribution in [0.2, 0.25) is 0 Å². The summed E-state index contributed by atoms with van der Waals surface area (Å²) in [6.45, 7) is 4.85. The van der Waals surface area contributed by atoms with Crippen molar-refractivity contribution in [2.24, 2.45) is 0 Å². The van der Waals surface area contributed by atoms with Crippen LogP contribution >= 0.6 is 0 Å². The highest BCUT2D eigenvalue weighted by Crippen LogP contribution is 2.32. The van der Waals surface area contributed by atoms with Gasteiger partial charge in [0.05, 0.1) is 18.2 Å². The molecule has 0 saturated carbocycles. The zero-order chi connectivity index (χ0) is 15.6. The first-order valence-electron chi connectivity index (χ1n) is 6.72. The van der Waals surface area contributed by atoms with Crippen LogP contribution in [0.3, 0.4) is 0 Å². The first kappa shape index (κ1) is 15.3. The van der Waals surface area contributed by atoms with Crippen molar-refractivity contribution >= 4 is 12.1 Å². The predicted molar refractivity (Wildman–Crippen MR) is 74.8 cm³/mol. The zero-order valence-electron chi connectivity index (χ0n) is 12.3. The van der Waals surface area contributed by atoms with Crippen molar-refractivity contribution in [2.45, 2.75) is 38.5 Å². The highest BCUT2D eigenvalue weighted by atomic mass is 16.6. The minimum atomic E-state index is -0.757. The number of cyclic esters (lactones) is 1. The van der Waals surface area contributed by atoms with Crippen LogP contribution in [0, 0.1) is 0 Å². The van der Waals surface area contributed by atoms with Crippen LogP contribution < -0.4 is 5.32 Å². The van der Waals surface area contributed by atoms with Gasteiger partial charge in [0.25, 0.3) is 0 Å². The second-order valence-electron chi connectivity index (χ2n) is 5.85. The van der Waals surface area contributed by atoms with Crippen LogP contribution in [0.25, 0.3) is 0 Å². The van der Waals surface area contributed by atoms with E-state index in [-0.39, 0.29) is 6.61 Å². The van der Waals surface area contributed by atoms with Gasteiger partial charge in [0.15, 0.2) is 6.10 Å². The monoisotopic (exact) mass is 293 g/mol. The maximum absolute atomic E-state index is 11.8. The Hall–Kier alpha value is -2.08. The van der Waals surface area contributed by atoms with Gasteiger partial charge in [-0.15, -0.1) is 0 Å². The molecule has 0 saturated heterocycles. The molecule has 1 aliphatic heterocycles. The largest absolute Gasteiger partial charge is 0.452 e. The zero-order valence-corrected chi connectivity index (χ0v) is 12.3. The van der Waals surface area contributed by atoms with Gasteiger partial charge < -0.3 is 19.9 Å². The average Bonchev–Trinajstić information content (AvgIpc) is 2.72. The number of fused-ring (bicyclic) bond motifs is 1. The molecule has 2 unspecified atom stereocenters. The quantitative estimate of drug-likeness (QED) is 0.830. The highest BCUT2D eigenvalue weighted by molar-refractivity contribution is 5.94. The van der Waals surface area contributed by atoms with Gasteiger partial charge in [0.1, 0.15) is 5.60 Å². The summed E-state index contributed by atoms with van der Waals surface area (Å²) < 4.78 is 10.4. The van der Waals surface area contributed by atoms with Crippen LogP contribution in [0.4, 0.5) is 4.79 Å². The minimum absolute atomic E-state index is 0.370. The van der Waals surface area contributed by atoms with Gasteiger partial charge >= 0.3 is 12.1 Å². The molecule has 1 heterocycles. The van der Waals surface area contributed by atoms with Crippen molar-refractivity contribution in [3.05, 3.63) is 35.4 Å². The molecule has 2 N–H and O–H groups in total. The maximum Gasteiger partial charge on any atom is 0.408 e. The molecule has 1 aliphatic rings. The van der Waals surface area contributed by atoms with Crippen molar-refractivity contribution in [2.75, 3.05) is 6.61 Å². The summed E-state index contributed by atoms with van der Waals surface area (Å²) in [7, 11) is 0. The first-order chi connectivity index (χ1) is 9.81. The van der Waals surface area contributed by atoms with E-state index in [1.54, 1.807) is 45.0 Å². The topological polar surface area (TPSA) is 84.9 Å². The van der Waals surface area contributed by atoms with Crippen LogP contribution in [0.5, 0.6) is 0 Å². The molecule has 0 radical (unpaired) electrons. The van der Waals surface area contributed by atoms with E-state index >= 15 is 0 Å². The van der Waals surface area contributed by atoms with Gasteiger partial charge in [-0.3, -0.25) is 0 Å². The Morgan fingerprint density at radius 3 is 2.71 bits per heavy atom. The summed E-state index contributed by atoms with van der Waals surface area (Å²) >= 11 is 0. The third-order valence-electron chi connectivity index (χ3n) is 2.99. The Bertz CT molecular complexity index is 549. The van der Waals surface area contributed by atoms with Crippen molar-refractivity contribution in [3.8, 4) is 0 Å². The molecule has 2 rings (SSSR count). The molecular weight excluding hydrogens is 274 g/mol. The summed E-state index contributed by atoms with van der Waals surface area (Å²) in [5.74, 6) is -0.458. The van der Waals surface area contributed by atoms with Crippen LogP contribution in [0.15, 0.2) is 24.3 Å². The van der Waals surface area contributed by atoms with Crippen molar-refractivity contribution in [3.63, 3.8) is 0 Å². The van der Waals surface area contributed by atoms with Crippen molar-refractivity contribution < 1.29 is 24.2 Å². The molecule has 1 aromatic rings. The molecule has 1 amide bonds. The number of carbonyl (C=O) groups excluding carboxylic acids is 2. The van der Waals surface area contributed by atoms with Gasteiger partial charge in [0, 0.05) is 5.56 Å². The van der Waals surface area contributed by atoms with Crippen LogP contribution in [-0.2, 0) is 9.47 Å². The second-order valence-corrected chi connectivity index (χ2v) is 5.85. The van der Waals surface area contributed by atoms with E-state index in [4.69, 9.17) is 9.47 Å². The summed E-state index contributed by atoms with van der Waals surface area (Å²) in [4.78, 5) is 23.6. The molecule has 0 fully saturated rings. The Kier molecular flexibility index (Phi) is 4.18. The van der Waals surface area contributed by atoms with E-state index in [9.17, 15) is 14.7 Å². The summed E-state index contributed by atoms with van der Waals surface area (Å²) in [5, 5.41) is 12.0. The molecule has 0 aliphatic carbocycles. The number of benzene rings is 1. The Balaban J connectivity index is 2.13. The third kappa shape index (κ3) is 3.52. The third-order valence-corrected chi connectivity index (χ3v) is 2.99. The fourth-order valence-corrected chi connectivity index (χ4v) is 2.15. The lowest BCUT2D eigenvalue weighted by Crippen LogP contribution is -2.44. The lowest BCUT2D eigenvalue weighted by Gasteiger charge is -2.25. The van der Waals surface area contributed by atoms with E-state index < -0.39 is 29.8 Å². The van der Waals surface area contributed by atoms with E-state index in [1.807, 2.05) is 0 Å². The molecule has 6 heteroatoms. The standard InChI is InChI=1S/C15H19NO5/c1-15(2,3)21-14(19)16-11(8-17)12-9-6-4-5-7-10(9)13(18)20-12/h4-7,11-12,17H,8H2,1-3H3,(H,16,19). The predicted octanol–water partition coefficient (Wildman–Crippen LogP) is 1.78. The van der Waals surface area contributed by atoms with Crippen molar-refractivity contribution in [1.82, 2.24) is 5.32 Å². The molecule has 0 aromatic heterocycles. The van der Waals surface area contributed by atoms with Gasteiger partial charge in [-0.2, -0.15) is 0 Å². The Labute approximate surface area is 123 Å². The number of carbonyl (C=O) groups is 2. The lowest BCUT2D eigenvalue weighted by atomic mass is 10.0. The number of esters is 1. The van der Waals surface area contributed by atoms with Gasteiger partial charge in [-0.05, 0) is 26.8 Å². The second kappa shape index (κ2) is 5.73. The minimum Gasteiger partial charge on any atom is -0.452 e. The Morgan fingerprint density at radius 2 is 2.10 bits per heavy atom. The molecule has 2 atom stereocenters. The van der Waals surface area contributed by atoms with E-state index in [1.165, 1.54) is 0 Å². The number of alkyl carbamates (subject to hydrolysis) is 1. The summed E-state index contributed by atoms with van der Waals surface area (Å²) in [6, 6.07) is 6.14. The fourth-order valence-electron chi connectivity index (χ4n) is 2.15. The highest BCUT2D eigenvalue weighted by Gasteiger charge is 2.37. The van der Waals surface area contributed by atoms with E-state index in [0.717, 1.165) is 0 Å². The molecule has 0 spiro atoms. The Morgan fingerprint density at radius 1 is 1.43 bits per heavy atom. The number of rotatable bonds is 3. The number of amides is 1. The van der Waals surface area contributed by atoms with E-state index in [2.05, 4.69) is 5.32 Å². The SMILES string of the molecule is CC(C)(C)OC(=O)NC(CO)C1OC(=O)c2ccccc21. The lowest BCUT2D eigenvalue weighted by molar-refractivity contribution is 0.0140. The van der Waals surface area contributed by atoms with Gasteiger partial charge in [0.2, 0.25) is 0 Å². The molecule has 0 bridgehead atoms. The number of hydrogen-bond acceptors (Lipinski definition) is 5. The molecule has 114 valence electrons.